The van der Waals surface area contributed by atoms with Crippen molar-refractivity contribution in [3.8, 4) is 0 Å². The van der Waals surface area contributed by atoms with Crippen LogP contribution in [-0.2, 0) is 14.3 Å². The van der Waals surface area contributed by atoms with Gasteiger partial charge < -0.3 is 20.3 Å². The average Bonchev–Trinajstić information content (AvgIpc) is 3.23. The molecule has 1 amide bonds. The molecule has 3 unspecified atom stereocenters. The standard InChI is InChI=1S/C53H101NO5/c1-4-7-10-13-16-19-22-24-25-26-27-29-30-32-35-38-41-44-49(59-53(58)46-43-40-37-34-31-28-23-20-17-14-11-8-5-2)47-52(57)54-50(48-55)51(56)45-42-39-36-33-21-18-15-12-9-6-3/h24-25,28,31,49-51,55-56H,4-23,26-27,29-30,32-48H2,1-3H3,(H,54,57)/b25-24+,31-28-. The first-order valence-corrected chi connectivity index (χ1v) is 26.1. The largest absolute Gasteiger partial charge is 0.462 e. The highest BCUT2D eigenvalue weighted by Gasteiger charge is 2.24. The highest BCUT2D eigenvalue weighted by Crippen LogP contribution is 2.18. The Balaban J connectivity index is 4.58. The van der Waals surface area contributed by atoms with Crippen molar-refractivity contribution in [2.75, 3.05) is 6.61 Å². The fourth-order valence-corrected chi connectivity index (χ4v) is 8.01. The molecule has 0 aliphatic heterocycles. The second kappa shape index (κ2) is 47.4. The van der Waals surface area contributed by atoms with Gasteiger partial charge in [-0.1, -0.05) is 212 Å². The highest BCUT2D eigenvalue weighted by atomic mass is 16.5. The first-order chi connectivity index (χ1) is 29.0. The molecule has 0 saturated carbocycles. The Morgan fingerprint density at radius 3 is 1.20 bits per heavy atom. The molecule has 6 heteroatoms. The molecule has 348 valence electrons. The number of rotatable bonds is 47. The van der Waals surface area contributed by atoms with Gasteiger partial charge in [-0.2, -0.15) is 0 Å². The summed E-state index contributed by atoms with van der Waals surface area (Å²) in [6.07, 6.45) is 53.8. The van der Waals surface area contributed by atoms with Crippen molar-refractivity contribution >= 4 is 11.9 Å². The van der Waals surface area contributed by atoms with Crippen LogP contribution in [0.4, 0.5) is 0 Å². The monoisotopic (exact) mass is 832 g/mol. The summed E-state index contributed by atoms with van der Waals surface area (Å²) >= 11 is 0. The minimum Gasteiger partial charge on any atom is -0.462 e. The van der Waals surface area contributed by atoms with E-state index in [-0.39, 0.29) is 24.9 Å². The van der Waals surface area contributed by atoms with E-state index >= 15 is 0 Å². The number of carbonyl (C=O) groups is 2. The van der Waals surface area contributed by atoms with Crippen LogP contribution in [0.2, 0.25) is 0 Å². The van der Waals surface area contributed by atoms with Gasteiger partial charge in [0, 0.05) is 6.42 Å². The average molecular weight is 832 g/mol. The van der Waals surface area contributed by atoms with Crippen molar-refractivity contribution in [2.45, 2.75) is 296 Å². The second-order valence-corrected chi connectivity index (χ2v) is 17.9. The van der Waals surface area contributed by atoms with Crippen LogP contribution in [0.3, 0.4) is 0 Å². The molecule has 0 aliphatic carbocycles. The summed E-state index contributed by atoms with van der Waals surface area (Å²) < 4.78 is 5.93. The molecule has 59 heavy (non-hydrogen) atoms. The molecule has 0 saturated heterocycles. The Hall–Kier alpha value is -1.66. The molecular weight excluding hydrogens is 731 g/mol. The zero-order chi connectivity index (χ0) is 43.1. The molecule has 0 aromatic heterocycles. The second-order valence-electron chi connectivity index (χ2n) is 17.9. The van der Waals surface area contributed by atoms with Crippen LogP contribution in [0.5, 0.6) is 0 Å². The van der Waals surface area contributed by atoms with Crippen LogP contribution in [-0.4, -0.2) is 46.9 Å². The fraction of sp³-hybridized carbons (Fsp3) is 0.887. The summed E-state index contributed by atoms with van der Waals surface area (Å²) in [4.78, 5) is 26.1. The molecule has 6 nitrogen and oxygen atoms in total. The quantitative estimate of drug-likeness (QED) is 0.0322. The molecule has 3 atom stereocenters. The van der Waals surface area contributed by atoms with E-state index in [1.807, 2.05) is 0 Å². The fourth-order valence-electron chi connectivity index (χ4n) is 8.01. The maximum atomic E-state index is 13.2. The number of aliphatic hydroxyl groups is 2. The van der Waals surface area contributed by atoms with Crippen molar-refractivity contribution < 1.29 is 24.5 Å². The molecule has 0 aromatic carbocycles. The first-order valence-electron chi connectivity index (χ1n) is 26.1. The lowest BCUT2D eigenvalue weighted by atomic mass is 10.0. The summed E-state index contributed by atoms with van der Waals surface area (Å²) in [5.74, 6) is -0.486. The van der Waals surface area contributed by atoms with Crippen LogP contribution in [0.15, 0.2) is 24.3 Å². The minimum atomic E-state index is -0.787. The Morgan fingerprint density at radius 2 is 0.814 bits per heavy atom. The third-order valence-corrected chi connectivity index (χ3v) is 12.0. The first kappa shape index (κ1) is 57.3. The molecule has 0 spiro atoms. The number of hydrogen-bond donors (Lipinski definition) is 3. The van der Waals surface area contributed by atoms with Gasteiger partial charge in [0.25, 0.3) is 0 Å². The summed E-state index contributed by atoms with van der Waals surface area (Å²) in [5.41, 5.74) is 0. The number of aliphatic hydroxyl groups excluding tert-OH is 2. The van der Waals surface area contributed by atoms with E-state index in [4.69, 9.17) is 4.74 Å². The van der Waals surface area contributed by atoms with Crippen LogP contribution in [0.1, 0.15) is 278 Å². The molecular formula is C53H101NO5. The SMILES string of the molecule is CCCCCCCC/C=C\CCCCCC(=O)OC(CCCCCCCCC/C=C/CCCCCCCC)CC(=O)NC(CO)C(O)CCCCCCCCCCCC. The Bertz CT molecular complexity index is 935. The Kier molecular flexibility index (Phi) is 46.1. The van der Waals surface area contributed by atoms with Crippen molar-refractivity contribution in [2.24, 2.45) is 0 Å². The van der Waals surface area contributed by atoms with E-state index in [1.54, 1.807) is 0 Å². The van der Waals surface area contributed by atoms with Gasteiger partial charge in [0.05, 0.1) is 25.2 Å². The summed E-state index contributed by atoms with van der Waals surface area (Å²) in [6.45, 7) is 6.47. The van der Waals surface area contributed by atoms with Crippen molar-refractivity contribution in [1.82, 2.24) is 5.32 Å². The number of carbonyl (C=O) groups excluding carboxylic acids is 2. The van der Waals surface area contributed by atoms with Crippen LogP contribution >= 0.6 is 0 Å². The third kappa shape index (κ3) is 42.8. The summed E-state index contributed by atoms with van der Waals surface area (Å²) in [7, 11) is 0. The zero-order valence-electron chi connectivity index (χ0n) is 39.7. The topological polar surface area (TPSA) is 95.9 Å². The molecule has 0 fully saturated rings. The van der Waals surface area contributed by atoms with E-state index in [0.717, 1.165) is 64.2 Å². The molecule has 0 aliphatic rings. The number of nitrogens with one attached hydrogen (secondary N) is 1. The van der Waals surface area contributed by atoms with Crippen molar-refractivity contribution in [3.05, 3.63) is 24.3 Å². The van der Waals surface area contributed by atoms with E-state index in [9.17, 15) is 19.8 Å². The van der Waals surface area contributed by atoms with E-state index in [1.165, 1.54) is 167 Å². The van der Waals surface area contributed by atoms with Gasteiger partial charge in [0.15, 0.2) is 0 Å². The number of amides is 1. The highest BCUT2D eigenvalue weighted by molar-refractivity contribution is 5.77. The normalized spacial score (nSPS) is 13.4. The van der Waals surface area contributed by atoms with Crippen molar-refractivity contribution in [3.63, 3.8) is 0 Å². The lowest BCUT2D eigenvalue weighted by Crippen LogP contribution is -2.46. The van der Waals surface area contributed by atoms with Crippen LogP contribution in [0.25, 0.3) is 0 Å². The lowest BCUT2D eigenvalue weighted by molar-refractivity contribution is -0.151. The number of hydrogen-bond acceptors (Lipinski definition) is 5. The Labute approximate surface area is 367 Å². The predicted octanol–water partition coefficient (Wildman–Crippen LogP) is 15.5. The smallest absolute Gasteiger partial charge is 0.306 e. The lowest BCUT2D eigenvalue weighted by Gasteiger charge is -2.24. The maximum absolute atomic E-state index is 13.2. The van der Waals surface area contributed by atoms with E-state index < -0.39 is 18.2 Å². The number of unbranched alkanes of at least 4 members (excludes halogenated alkanes) is 31. The third-order valence-electron chi connectivity index (χ3n) is 12.0. The van der Waals surface area contributed by atoms with Gasteiger partial charge in [-0.15, -0.1) is 0 Å². The van der Waals surface area contributed by atoms with Crippen molar-refractivity contribution in [1.29, 1.82) is 0 Å². The Morgan fingerprint density at radius 1 is 0.475 bits per heavy atom. The van der Waals surface area contributed by atoms with Crippen LogP contribution in [0, 0.1) is 0 Å². The van der Waals surface area contributed by atoms with Crippen LogP contribution < -0.4 is 5.32 Å². The molecule has 3 N–H and O–H groups in total. The molecule has 0 radical (unpaired) electrons. The molecule has 0 bridgehead atoms. The zero-order valence-corrected chi connectivity index (χ0v) is 39.7. The number of ether oxygens (including phenoxy) is 1. The van der Waals surface area contributed by atoms with Gasteiger partial charge in [-0.25, -0.2) is 0 Å². The minimum absolute atomic E-state index is 0.0724. The summed E-state index contributed by atoms with van der Waals surface area (Å²) in [5, 5.41) is 23.7. The summed E-state index contributed by atoms with van der Waals surface area (Å²) in [6, 6.07) is -0.701. The molecule has 0 rings (SSSR count). The molecule has 0 aromatic rings. The van der Waals surface area contributed by atoms with E-state index in [0.29, 0.717) is 19.3 Å². The molecule has 0 heterocycles. The van der Waals surface area contributed by atoms with Gasteiger partial charge in [-0.3, -0.25) is 9.59 Å². The van der Waals surface area contributed by atoms with E-state index in [2.05, 4.69) is 50.4 Å². The van der Waals surface area contributed by atoms with Gasteiger partial charge >= 0.3 is 5.97 Å². The number of allylic oxidation sites excluding steroid dienone is 4. The van der Waals surface area contributed by atoms with Gasteiger partial charge in [-0.05, 0) is 77.0 Å². The predicted molar refractivity (Wildman–Crippen MR) is 255 cm³/mol. The van der Waals surface area contributed by atoms with Gasteiger partial charge in [0.2, 0.25) is 5.91 Å². The maximum Gasteiger partial charge on any atom is 0.306 e. The number of esters is 1. The van der Waals surface area contributed by atoms with Gasteiger partial charge in [0.1, 0.15) is 6.10 Å².